The van der Waals surface area contributed by atoms with Gasteiger partial charge in [-0.15, -0.1) is 0 Å². The summed E-state index contributed by atoms with van der Waals surface area (Å²) in [5, 5.41) is 5.61. The van der Waals surface area contributed by atoms with E-state index in [1.54, 1.807) is 18.2 Å². The van der Waals surface area contributed by atoms with E-state index in [-0.39, 0.29) is 5.92 Å². The van der Waals surface area contributed by atoms with Crippen LogP contribution in [0, 0.1) is 12.8 Å². The van der Waals surface area contributed by atoms with Gasteiger partial charge in [-0.3, -0.25) is 9.59 Å². The monoisotopic (exact) mass is 387 g/mol. The fourth-order valence-corrected chi connectivity index (χ4v) is 3.68. The lowest BCUT2D eigenvalue weighted by Crippen LogP contribution is -2.43. The minimum Gasteiger partial charge on any atom is -0.348 e. The van der Waals surface area contributed by atoms with Crippen molar-refractivity contribution >= 4 is 39.1 Å². The normalized spacial score (nSPS) is 16.4. The summed E-state index contributed by atoms with van der Waals surface area (Å²) >= 11 is 5.98. The van der Waals surface area contributed by atoms with Gasteiger partial charge in [0.25, 0.3) is 0 Å². The first-order valence-corrected chi connectivity index (χ1v) is 10.2. The van der Waals surface area contributed by atoms with Crippen molar-refractivity contribution in [3.8, 4) is 0 Å². The summed E-state index contributed by atoms with van der Waals surface area (Å²) in [6.45, 7) is 3.06. The summed E-state index contributed by atoms with van der Waals surface area (Å²) < 4.78 is 24.4. The molecule has 0 radical (unpaired) electrons. The highest BCUT2D eigenvalue weighted by Gasteiger charge is 2.25. The maximum absolute atomic E-state index is 11.9. The van der Waals surface area contributed by atoms with E-state index >= 15 is 0 Å². The van der Waals surface area contributed by atoms with Crippen LogP contribution in [0.5, 0.6) is 0 Å². The molecule has 1 saturated heterocycles. The van der Waals surface area contributed by atoms with Crippen molar-refractivity contribution in [3.63, 3.8) is 0 Å². The Morgan fingerprint density at radius 2 is 1.88 bits per heavy atom. The lowest BCUT2D eigenvalue weighted by Gasteiger charge is -2.30. The molecule has 0 atom stereocenters. The molecule has 1 aromatic carbocycles. The fourth-order valence-electron chi connectivity index (χ4n) is 2.62. The molecule has 0 unspecified atom stereocenters. The smallest absolute Gasteiger partial charge is 0.313 e. The number of piperidine rings is 1. The Balaban J connectivity index is 1.78. The molecule has 1 aromatic rings. The van der Waals surface area contributed by atoms with E-state index in [0.29, 0.717) is 43.2 Å². The molecular formula is C16H22ClN3O4S. The lowest BCUT2D eigenvalue weighted by molar-refractivity contribution is -0.136. The van der Waals surface area contributed by atoms with E-state index in [1.165, 1.54) is 10.6 Å². The van der Waals surface area contributed by atoms with Gasteiger partial charge in [0, 0.05) is 30.3 Å². The van der Waals surface area contributed by atoms with Gasteiger partial charge in [-0.1, -0.05) is 17.7 Å². The number of nitrogens with one attached hydrogen (secondary N) is 2. The lowest BCUT2D eigenvalue weighted by atomic mass is 9.98. The predicted octanol–water partition coefficient (Wildman–Crippen LogP) is 1.37. The Morgan fingerprint density at radius 3 is 2.44 bits per heavy atom. The van der Waals surface area contributed by atoms with Crippen molar-refractivity contribution in [1.82, 2.24) is 9.62 Å². The van der Waals surface area contributed by atoms with Crippen molar-refractivity contribution < 1.29 is 18.0 Å². The minimum atomic E-state index is -3.16. The van der Waals surface area contributed by atoms with Crippen LogP contribution in [0.15, 0.2) is 18.2 Å². The first-order valence-electron chi connectivity index (χ1n) is 7.97. The first kappa shape index (κ1) is 19.7. The largest absolute Gasteiger partial charge is 0.348 e. The topological polar surface area (TPSA) is 95.6 Å². The van der Waals surface area contributed by atoms with Crippen molar-refractivity contribution in [3.05, 3.63) is 28.8 Å². The van der Waals surface area contributed by atoms with Gasteiger partial charge < -0.3 is 10.6 Å². The van der Waals surface area contributed by atoms with Crippen molar-refractivity contribution in [2.24, 2.45) is 5.92 Å². The summed E-state index contributed by atoms with van der Waals surface area (Å²) in [7, 11) is -3.16. The van der Waals surface area contributed by atoms with E-state index in [9.17, 15) is 18.0 Å². The van der Waals surface area contributed by atoms with Crippen LogP contribution in [-0.2, 0) is 19.6 Å². The number of nitrogens with zero attached hydrogens (tertiary/aromatic N) is 1. The molecule has 1 fully saturated rings. The number of sulfonamides is 1. The molecule has 0 aromatic heterocycles. The average molecular weight is 388 g/mol. The molecule has 1 aliphatic rings. The summed E-state index contributed by atoms with van der Waals surface area (Å²) in [6, 6.07) is 5.02. The van der Waals surface area contributed by atoms with Crippen LogP contribution >= 0.6 is 11.6 Å². The maximum Gasteiger partial charge on any atom is 0.313 e. The van der Waals surface area contributed by atoms with Gasteiger partial charge in [-0.05, 0) is 43.4 Å². The van der Waals surface area contributed by atoms with Crippen LogP contribution in [0.25, 0.3) is 0 Å². The summed E-state index contributed by atoms with van der Waals surface area (Å²) in [4.78, 5) is 23.8. The van der Waals surface area contributed by atoms with E-state index in [2.05, 4.69) is 10.6 Å². The van der Waals surface area contributed by atoms with Crippen LogP contribution in [0.2, 0.25) is 5.02 Å². The van der Waals surface area contributed by atoms with Crippen LogP contribution in [0.4, 0.5) is 5.69 Å². The fraction of sp³-hybridized carbons (Fsp3) is 0.500. The van der Waals surface area contributed by atoms with Crippen LogP contribution in [-0.4, -0.2) is 50.4 Å². The van der Waals surface area contributed by atoms with E-state index < -0.39 is 21.8 Å². The zero-order valence-electron chi connectivity index (χ0n) is 14.2. The molecule has 0 bridgehead atoms. The molecule has 25 heavy (non-hydrogen) atoms. The second-order valence-electron chi connectivity index (χ2n) is 6.23. The molecule has 2 amide bonds. The van der Waals surface area contributed by atoms with Gasteiger partial charge in [0.05, 0.1) is 6.26 Å². The second-order valence-corrected chi connectivity index (χ2v) is 8.62. The molecular weight excluding hydrogens is 366 g/mol. The highest BCUT2D eigenvalue weighted by Crippen LogP contribution is 2.20. The Kier molecular flexibility index (Phi) is 6.42. The minimum absolute atomic E-state index is 0.156. The number of aryl methyl sites for hydroxylation is 1. The average Bonchev–Trinajstić information content (AvgIpc) is 2.55. The number of amides is 2. The van der Waals surface area contributed by atoms with E-state index in [0.717, 1.165) is 5.56 Å². The molecule has 138 valence electrons. The van der Waals surface area contributed by atoms with Crippen molar-refractivity contribution in [2.75, 3.05) is 31.2 Å². The number of benzene rings is 1. The van der Waals surface area contributed by atoms with Gasteiger partial charge >= 0.3 is 11.8 Å². The number of halogens is 1. The summed E-state index contributed by atoms with van der Waals surface area (Å²) in [5.74, 6) is -1.32. The highest BCUT2D eigenvalue weighted by molar-refractivity contribution is 7.88. The predicted molar refractivity (Wildman–Crippen MR) is 97.0 cm³/mol. The zero-order valence-corrected chi connectivity index (χ0v) is 15.8. The summed E-state index contributed by atoms with van der Waals surface area (Å²) in [5.41, 5.74) is 1.33. The standard InChI is InChI=1S/C16H22ClN3O4S/c1-11-3-4-13(9-14(11)17)19-16(22)15(21)18-10-12-5-7-20(8-6-12)25(2,23)24/h3-4,9,12H,5-8,10H2,1-2H3,(H,18,21)(H,19,22). The second kappa shape index (κ2) is 8.16. The Labute approximate surface area is 152 Å². The van der Waals surface area contributed by atoms with Crippen molar-refractivity contribution in [1.29, 1.82) is 0 Å². The van der Waals surface area contributed by atoms with E-state index in [4.69, 9.17) is 11.6 Å². The number of rotatable bonds is 4. The molecule has 1 heterocycles. The molecule has 0 spiro atoms. The quantitative estimate of drug-likeness (QED) is 0.763. The molecule has 1 aliphatic heterocycles. The number of hydrogen-bond donors (Lipinski definition) is 2. The van der Waals surface area contributed by atoms with E-state index in [1.807, 2.05) is 6.92 Å². The molecule has 9 heteroatoms. The number of carbonyl (C=O) groups excluding carboxylic acids is 2. The van der Waals surface area contributed by atoms with Crippen LogP contribution < -0.4 is 10.6 Å². The number of anilines is 1. The SMILES string of the molecule is Cc1ccc(NC(=O)C(=O)NCC2CCN(S(C)(=O)=O)CC2)cc1Cl. The molecule has 0 saturated carbocycles. The van der Waals surface area contributed by atoms with Gasteiger partial charge in [-0.2, -0.15) is 0 Å². The molecule has 0 aliphatic carbocycles. The Morgan fingerprint density at radius 1 is 1.24 bits per heavy atom. The van der Waals surface area contributed by atoms with Gasteiger partial charge in [0.15, 0.2) is 0 Å². The summed E-state index contributed by atoms with van der Waals surface area (Å²) in [6.07, 6.45) is 2.50. The van der Waals surface area contributed by atoms with Crippen molar-refractivity contribution in [2.45, 2.75) is 19.8 Å². The number of hydrogen-bond acceptors (Lipinski definition) is 4. The Bertz CT molecular complexity index is 759. The highest BCUT2D eigenvalue weighted by atomic mass is 35.5. The third-order valence-electron chi connectivity index (χ3n) is 4.23. The van der Waals surface area contributed by atoms with Gasteiger partial charge in [0.2, 0.25) is 10.0 Å². The zero-order chi connectivity index (χ0) is 18.6. The third kappa shape index (κ3) is 5.69. The Hall–Kier alpha value is -1.64. The van der Waals surface area contributed by atoms with Crippen LogP contribution in [0.3, 0.4) is 0 Å². The molecule has 2 rings (SSSR count). The third-order valence-corrected chi connectivity index (χ3v) is 5.94. The van der Waals surface area contributed by atoms with Gasteiger partial charge in [0.1, 0.15) is 0 Å². The maximum atomic E-state index is 11.9. The molecule has 7 nitrogen and oxygen atoms in total. The first-order chi connectivity index (χ1) is 11.7. The van der Waals surface area contributed by atoms with Gasteiger partial charge in [-0.25, -0.2) is 12.7 Å². The van der Waals surface area contributed by atoms with Crippen LogP contribution in [0.1, 0.15) is 18.4 Å². The molecule has 2 N–H and O–H groups in total. The number of carbonyl (C=O) groups is 2.